The summed E-state index contributed by atoms with van der Waals surface area (Å²) in [5.41, 5.74) is 6.11. The molecule has 1 atom stereocenters. The van der Waals surface area contributed by atoms with E-state index >= 15 is 0 Å². The van der Waals surface area contributed by atoms with Gasteiger partial charge in [-0.15, -0.1) is 0 Å². The Bertz CT molecular complexity index is 415. The van der Waals surface area contributed by atoms with Gasteiger partial charge in [-0.2, -0.15) is 0 Å². The van der Waals surface area contributed by atoms with Crippen molar-refractivity contribution in [2.75, 3.05) is 17.2 Å². The fraction of sp³-hybridized carbons (Fsp3) is 0.545. The van der Waals surface area contributed by atoms with Gasteiger partial charge in [0.2, 0.25) is 0 Å². The zero-order valence-electron chi connectivity index (χ0n) is 9.52. The van der Waals surface area contributed by atoms with E-state index < -0.39 is 10.8 Å². The van der Waals surface area contributed by atoms with E-state index in [0.717, 1.165) is 18.6 Å². The van der Waals surface area contributed by atoms with E-state index in [-0.39, 0.29) is 5.56 Å². The second-order valence-corrected chi connectivity index (χ2v) is 5.39. The molecule has 0 aliphatic rings. The van der Waals surface area contributed by atoms with Crippen LogP contribution in [-0.4, -0.2) is 20.3 Å². The number of pyridine rings is 1. The molecule has 1 rings (SSSR count). The molecule has 5 heteroatoms. The minimum Gasteiger partial charge on any atom is -0.398 e. The van der Waals surface area contributed by atoms with Crippen LogP contribution in [0.1, 0.15) is 19.8 Å². The van der Waals surface area contributed by atoms with Crippen molar-refractivity contribution < 1.29 is 4.21 Å². The van der Waals surface area contributed by atoms with Gasteiger partial charge in [-0.05, 0) is 18.9 Å². The minimum absolute atomic E-state index is 0.0597. The summed E-state index contributed by atoms with van der Waals surface area (Å²) in [5, 5.41) is 0. The standard InChI is InChI=1S/C11H18N2O2S/c1-2-7-16(15)8-3-6-13-9-10(12)4-5-11(13)14/h4-5,9H,2-3,6-8,12H2,1H3. The number of hydrogen-bond acceptors (Lipinski definition) is 3. The molecule has 0 aromatic carbocycles. The zero-order valence-corrected chi connectivity index (χ0v) is 10.3. The average molecular weight is 242 g/mol. The van der Waals surface area contributed by atoms with E-state index in [1.165, 1.54) is 6.07 Å². The number of aryl methyl sites for hydroxylation is 1. The molecular formula is C11H18N2O2S. The summed E-state index contributed by atoms with van der Waals surface area (Å²) in [7, 11) is -0.752. The summed E-state index contributed by atoms with van der Waals surface area (Å²) in [6, 6.07) is 3.05. The van der Waals surface area contributed by atoms with Crippen molar-refractivity contribution >= 4 is 16.5 Å². The Balaban J connectivity index is 2.46. The van der Waals surface area contributed by atoms with Gasteiger partial charge in [0.1, 0.15) is 0 Å². The molecule has 0 spiro atoms. The molecule has 0 fully saturated rings. The third-order valence-electron chi connectivity index (χ3n) is 2.21. The van der Waals surface area contributed by atoms with Gasteiger partial charge in [-0.3, -0.25) is 9.00 Å². The topological polar surface area (TPSA) is 65.1 Å². The predicted octanol–water partition coefficient (Wildman–Crippen LogP) is 0.979. The van der Waals surface area contributed by atoms with Crippen molar-refractivity contribution in [2.24, 2.45) is 0 Å². The molecule has 0 aliphatic carbocycles. The fourth-order valence-electron chi connectivity index (χ4n) is 1.45. The molecule has 4 nitrogen and oxygen atoms in total. The first-order chi connectivity index (χ1) is 7.63. The highest BCUT2D eigenvalue weighted by molar-refractivity contribution is 7.84. The van der Waals surface area contributed by atoms with Crippen LogP contribution in [0, 0.1) is 0 Å². The van der Waals surface area contributed by atoms with Crippen LogP contribution in [0.3, 0.4) is 0 Å². The second kappa shape index (κ2) is 6.48. The lowest BCUT2D eigenvalue weighted by Gasteiger charge is -2.05. The Labute approximate surface area is 97.9 Å². The lowest BCUT2D eigenvalue weighted by atomic mass is 10.4. The number of hydrogen-bond donors (Lipinski definition) is 1. The lowest BCUT2D eigenvalue weighted by molar-refractivity contribution is 0.644. The monoisotopic (exact) mass is 242 g/mol. The van der Waals surface area contributed by atoms with E-state index in [1.807, 2.05) is 6.92 Å². The van der Waals surface area contributed by atoms with Crippen molar-refractivity contribution in [1.29, 1.82) is 0 Å². The lowest BCUT2D eigenvalue weighted by Crippen LogP contribution is -2.20. The molecule has 90 valence electrons. The Kier molecular flexibility index (Phi) is 5.25. The molecule has 1 heterocycles. The molecule has 0 aliphatic heterocycles. The minimum atomic E-state index is -0.752. The van der Waals surface area contributed by atoms with Crippen molar-refractivity contribution in [3.05, 3.63) is 28.7 Å². The molecule has 0 bridgehead atoms. The number of anilines is 1. The largest absolute Gasteiger partial charge is 0.398 e. The molecular weight excluding hydrogens is 224 g/mol. The van der Waals surface area contributed by atoms with E-state index in [9.17, 15) is 9.00 Å². The Morgan fingerprint density at radius 3 is 2.81 bits per heavy atom. The summed E-state index contributed by atoms with van der Waals surface area (Å²) in [6.45, 7) is 2.60. The fourth-order valence-corrected chi connectivity index (χ4v) is 2.56. The molecule has 0 radical (unpaired) electrons. The highest BCUT2D eigenvalue weighted by Gasteiger charge is 2.00. The van der Waals surface area contributed by atoms with Crippen LogP contribution >= 0.6 is 0 Å². The smallest absolute Gasteiger partial charge is 0.250 e. The van der Waals surface area contributed by atoms with Gasteiger partial charge in [-0.1, -0.05) is 6.92 Å². The third-order valence-corrected chi connectivity index (χ3v) is 3.82. The normalized spacial score (nSPS) is 12.6. The van der Waals surface area contributed by atoms with Gasteiger partial charge < -0.3 is 10.3 Å². The molecule has 16 heavy (non-hydrogen) atoms. The van der Waals surface area contributed by atoms with E-state index in [1.54, 1.807) is 16.8 Å². The molecule has 1 unspecified atom stereocenters. The second-order valence-electron chi connectivity index (χ2n) is 3.70. The molecule has 1 aromatic heterocycles. The Morgan fingerprint density at radius 2 is 2.12 bits per heavy atom. The molecule has 0 saturated carbocycles. The van der Waals surface area contributed by atoms with Gasteiger partial charge in [0.15, 0.2) is 0 Å². The van der Waals surface area contributed by atoms with Crippen LogP contribution in [-0.2, 0) is 17.3 Å². The quantitative estimate of drug-likeness (QED) is 0.808. The third kappa shape index (κ3) is 4.18. The van der Waals surface area contributed by atoms with Gasteiger partial charge in [0.25, 0.3) is 5.56 Å². The molecule has 2 N–H and O–H groups in total. The maximum absolute atomic E-state index is 11.4. The maximum atomic E-state index is 11.4. The van der Waals surface area contributed by atoms with Crippen LogP contribution in [0.5, 0.6) is 0 Å². The summed E-state index contributed by atoms with van der Waals surface area (Å²) in [6.07, 6.45) is 3.31. The number of rotatable bonds is 6. The number of nitrogens with two attached hydrogens (primary N) is 1. The zero-order chi connectivity index (χ0) is 12.0. The first kappa shape index (κ1) is 13.0. The number of nitrogen functional groups attached to an aromatic ring is 1. The summed E-state index contributed by atoms with van der Waals surface area (Å²) in [4.78, 5) is 11.4. The maximum Gasteiger partial charge on any atom is 0.250 e. The average Bonchev–Trinajstić information content (AvgIpc) is 2.23. The highest BCUT2D eigenvalue weighted by Crippen LogP contribution is 1.98. The number of nitrogens with zero attached hydrogens (tertiary/aromatic N) is 1. The summed E-state index contributed by atoms with van der Waals surface area (Å²) in [5.74, 6) is 1.39. The van der Waals surface area contributed by atoms with Gasteiger partial charge >= 0.3 is 0 Å². The SMILES string of the molecule is CCCS(=O)CCCn1cc(N)ccc1=O. The Morgan fingerprint density at radius 1 is 1.38 bits per heavy atom. The van der Waals surface area contributed by atoms with Crippen molar-refractivity contribution in [2.45, 2.75) is 26.3 Å². The Hall–Kier alpha value is -1.10. The van der Waals surface area contributed by atoms with Gasteiger partial charge in [0.05, 0.1) is 0 Å². The summed E-state index contributed by atoms with van der Waals surface area (Å²) < 4.78 is 13.0. The van der Waals surface area contributed by atoms with Crippen molar-refractivity contribution in [3.8, 4) is 0 Å². The first-order valence-electron chi connectivity index (χ1n) is 5.44. The van der Waals surface area contributed by atoms with Crippen LogP contribution in [0.2, 0.25) is 0 Å². The van der Waals surface area contributed by atoms with Crippen molar-refractivity contribution in [1.82, 2.24) is 4.57 Å². The predicted molar refractivity (Wildman–Crippen MR) is 67.9 cm³/mol. The number of aromatic nitrogens is 1. The first-order valence-corrected chi connectivity index (χ1v) is 6.93. The molecule has 0 amide bonds. The van der Waals surface area contributed by atoms with E-state index in [0.29, 0.717) is 18.0 Å². The highest BCUT2D eigenvalue weighted by atomic mass is 32.2. The molecule has 1 aromatic rings. The van der Waals surface area contributed by atoms with Crippen LogP contribution < -0.4 is 11.3 Å². The van der Waals surface area contributed by atoms with Gasteiger partial charge in [0, 0.05) is 46.8 Å². The van der Waals surface area contributed by atoms with Gasteiger partial charge in [-0.25, -0.2) is 0 Å². The molecule has 0 saturated heterocycles. The van der Waals surface area contributed by atoms with Crippen LogP contribution in [0.4, 0.5) is 5.69 Å². The van der Waals surface area contributed by atoms with E-state index in [4.69, 9.17) is 5.73 Å². The van der Waals surface area contributed by atoms with Crippen molar-refractivity contribution in [3.63, 3.8) is 0 Å². The van der Waals surface area contributed by atoms with Crippen LogP contribution in [0.15, 0.2) is 23.1 Å². The van der Waals surface area contributed by atoms with Crippen LogP contribution in [0.25, 0.3) is 0 Å². The summed E-state index contributed by atoms with van der Waals surface area (Å²) >= 11 is 0. The van der Waals surface area contributed by atoms with E-state index in [2.05, 4.69) is 0 Å².